The van der Waals surface area contributed by atoms with Crippen molar-refractivity contribution in [2.24, 2.45) is 5.92 Å². The minimum Gasteiger partial charge on any atom is -0.444 e. The van der Waals surface area contributed by atoms with Crippen LogP contribution in [0.4, 0.5) is 30.6 Å². The lowest BCUT2D eigenvalue weighted by molar-refractivity contribution is -0.117. The van der Waals surface area contributed by atoms with Gasteiger partial charge in [0.2, 0.25) is 11.8 Å². The van der Waals surface area contributed by atoms with E-state index < -0.39 is 68.6 Å². The number of nitrogens with one attached hydrogen (secondary N) is 4. The minimum absolute atomic E-state index is 0.0357. The maximum absolute atomic E-state index is 15.3. The highest BCUT2D eigenvalue weighted by Crippen LogP contribution is 2.65. The molecule has 4 amide bonds. The van der Waals surface area contributed by atoms with Crippen LogP contribution >= 0.6 is 58.0 Å². The summed E-state index contributed by atoms with van der Waals surface area (Å²) in [6.07, 6.45) is -0.0627. The van der Waals surface area contributed by atoms with E-state index in [0.29, 0.717) is 17.0 Å². The first-order valence-electron chi connectivity index (χ1n) is 14.9. The third-order valence-electron chi connectivity index (χ3n) is 7.79. The Labute approximate surface area is 306 Å². The van der Waals surface area contributed by atoms with Crippen molar-refractivity contribution >= 4 is 98.9 Å². The molecular formula is C33H31Cl5F2N4O5. The van der Waals surface area contributed by atoms with Crippen LogP contribution in [0.1, 0.15) is 61.9 Å². The maximum Gasteiger partial charge on any atom is 0.407 e. The van der Waals surface area contributed by atoms with Crippen LogP contribution < -0.4 is 21.3 Å². The molecule has 3 aromatic rings. The van der Waals surface area contributed by atoms with Gasteiger partial charge in [-0.15, -0.1) is 23.2 Å². The van der Waals surface area contributed by atoms with Gasteiger partial charge in [0.05, 0.1) is 32.2 Å². The Morgan fingerprint density at radius 1 is 0.898 bits per heavy atom. The highest BCUT2D eigenvalue weighted by molar-refractivity contribution is 6.53. The first-order chi connectivity index (χ1) is 22.9. The van der Waals surface area contributed by atoms with E-state index in [-0.39, 0.29) is 40.7 Å². The van der Waals surface area contributed by atoms with E-state index in [9.17, 15) is 23.6 Å². The highest BCUT2D eigenvalue weighted by atomic mass is 35.5. The standard InChI is InChI=1S/C33H31Cl5F2N4O5/c1-4-32(2,3)49-31(48)41-13-5-6-24(45)44-28-22(39)11-12-23(27(28)40)43-29(46)18-15-17(8-10-19(18)34)42-30(47)26-25(33(26,37)38)16-7-9-20(35)21(36)14-16/h7-12,14-15,25-26H,4-6,13H2,1-3H3,(H,41,48)(H,42,47)(H,43,46)(H,44,45)/t25-,26+/m0/s1. The molecule has 49 heavy (non-hydrogen) atoms. The maximum atomic E-state index is 15.3. The van der Waals surface area contributed by atoms with E-state index >= 15 is 4.39 Å². The average molecular weight is 779 g/mol. The number of hydrogen-bond donors (Lipinski definition) is 4. The lowest BCUT2D eigenvalue weighted by Gasteiger charge is -2.23. The summed E-state index contributed by atoms with van der Waals surface area (Å²) in [7, 11) is 0. The lowest BCUT2D eigenvalue weighted by Crippen LogP contribution is -2.34. The molecule has 0 radical (unpaired) electrons. The van der Waals surface area contributed by atoms with E-state index in [1.807, 2.05) is 6.92 Å². The molecule has 1 aliphatic rings. The summed E-state index contributed by atoms with van der Waals surface area (Å²) in [6, 6.07) is 10.7. The van der Waals surface area contributed by atoms with E-state index in [1.165, 1.54) is 18.2 Å². The Bertz CT molecular complexity index is 1790. The monoisotopic (exact) mass is 776 g/mol. The van der Waals surface area contributed by atoms with Crippen molar-refractivity contribution in [2.75, 3.05) is 22.5 Å². The number of amides is 4. The molecule has 0 spiro atoms. The first-order valence-corrected chi connectivity index (χ1v) is 16.8. The summed E-state index contributed by atoms with van der Waals surface area (Å²) in [5.74, 6) is -5.94. The Hall–Kier alpha value is -3.35. The molecule has 1 fully saturated rings. The normalized spacial score (nSPS) is 16.4. The van der Waals surface area contributed by atoms with Crippen LogP contribution in [0.2, 0.25) is 15.1 Å². The molecular weight excluding hydrogens is 748 g/mol. The van der Waals surface area contributed by atoms with Crippen molar-refractivity contribution in [3.63, 3.8) is 0 Å². The molecule has 0 aliphatic heterocycles. The molecule has 262 valence electrons. The summed E-state index contributed by atoms with van der Waals surface area (Å²) in [5.41, 5.74) is -1.27. The zero-order valence-electron chi connectivity index (χ0n) is 26.3. The second-order valence-electron chi connectivity index (χ2n) is 11.8. The summed E-state index contributed by atoms with van der Waals surface area (Å²) in [4.78, 5) is 50.6. The number of anilines is 3. The van der Waals surface area contributed by atoms with Crippen LogP contribution in [0.25, 0.3) is 0 Å². The smallest absolute Gasteiger partial charge is 0.407 e. The van der Waals surface area contributed by atoms with Gasteiger partial charge in [-0.1, -0.05) is 47.8 Å². The molecule has 4 rings (SSSR count). The molecule has 9 nitrogen and oxygen atoms in total. The molecule has 2 atom stereocenters. The second-order valence-corrected chi connectivity index (χ2v) is 14.5. The van der Waals surface area contributed by atoms with Crippen LogP contribution in [-0.2, 0) is 14.3 Å². The number of carbonyl (C=O) groups excluding carboxylic acids is 4. The molecule has 3 aromatic carbocycles. The van der Waals surface area contributed by atoms with Gasteiger partial charge in [0.25, 0.3) is 5.91 Å². The number of carbonyl (C=O) groups is 4. The molecule has 0 heterocycles. The van der Waals surface area contributed by atoms with Crippen LogP contribution in [-0.4, -0.2) is 40.3 Å². The summed E-state index contributed by atoms with van der Waals surface area (Å²) in [6.45, 7) is 5.46. The van der Waals surface area contributed by atoms with Gasteiger partial charge >= 0.3 is 6.09 Å². The van der Waals surface area contributed by atoms with Gasteiger partial charge in [-0.2, -0.15) is 0 Å². The molecule has 0 bridgehead atoms. The Morgan fingerprint density at radius 2 is 1.59 bits per heavy atom. The quantitative estimate of drug-likeness (QED) is 0.108. The van der Waals surface area contributed by atoms with Crippen LogP contribution in [0.15, 0.2) is 48.5 Å². The van der Waals surface area contributed by atoms with Crippen molar-refractivity contribution in [3.8, 4) is 0 Å². The van der Waals surface area contributed by atoms with Crippen LogP contribution in [0, 0.1) is 17.6 Å². The predicted octanol–water partition coefficient (Wildman–Crippen LogP) is 9.34. The SMILES string of the molecule is CCC(C)(C)OC(=O)NCCCC(=O)Nc1c(F)ccc(NC(=O)c2cc(NC(=O)[C@H]3[C@H](c4ccc(Cl)c(Cl)c4)C3(Cl)Cl)ccc2Cl)c1F. The van der Waals surface area contributed by atoms with Crippen molar-refractivity contribution < 1.29 is 32.7 Å². The Balaban J connectivity index is 1.38. The van der Waals surface area contributed by atoms with Crippen molar-refractivity contribution in [1.29, 1.82) is 0 Å². The molecule has 0 unspecified atom stereocenters. The van der Waals surface area contributed by atoms with Crippen LogP contribution in [0.5, 0.6) is 0 Å². The third kappa shape index (κ3) is 9.46. The topological polar surface area (TPSA) is 126 Å². The molecule has 4 N–H and O–H groups in total. The zero-order valence-corrected chi connectivity index (χ0v) is 30.1. The van der Waals surface area contributed by atoms with Crippen molar-refractivity contribution in [1.82, 2.24) is 5.32 Å². The number of alkyl halides is 2. The van der Waals surface area contributed by atoms with Gasteiger partial charge in [0, 0.05) is 24.6 Å². The molecule has 0 saturated heterocycles. The minimum atomic E-state index is -1.43. The molecule has 0 aromatic heterocycles. The number of alkyl carbamates (subject to hydrolysis) is 1. The molecule has 16 heteroatoms. The highest BCUT2D eigenvalue weighted by Gasteiger charge is 2.67. The number of halogens is 7. The van der Waals surface area contributed by atoms with E-state index in [4.69, 9.17) is 62.7 Å². The van der Waals surface area contributed by atoms with E-state index in [1.54, 1.807) is 32.0 Å². The van der Waals surface area contributed by atoms with Gasteiger partial charge in [0.15, 0.2) is 5.82 Å². The van der Waals surface area contributed by atoms with E-state index in [2.05, 4.69) is 21.3 Å². The van der Waals surface area contributed by atoms with Gasteiger partial charge < -0.3 is 26.0 Å². The number of benzene rings is 3. The fourth-order valence-corrected chi connectivity index (χ4v) is 6.06. The number of hydrogen-bond acceptors (Lipinski definition) is 5. The number of rotatable bonds is 12. The Morgan fingerprint density at radius 3 is 2.27 bits per heavy atom. The average Bonchev–Trinajstić information content (AvgIpc) is 3.62. The summed E-state index contributed by atoms with van der Waals surface area (Å²) in [5, 5.41) is 10.2. The summed E-state index contributed by atoms with van der Waals surface area (Å²) < 4.78 is 33.7. The third-order valence-corrected chi connectivity index (χ3v) is 9.80. The summed E-state index contributed by atoms with van der Waals surface area (Å²) >= 11 is 31.2. The van der Waals surface area contributed by atoms with Gasteiger partial charge in [0.1, 0.15) is 21.4 Å². The fourth-order valence-electron chi connectivity index (χ4n) is 4.72. The Kier molecular flexibility index (Phi) is 12.3. The van der Waals surface area contributed by atoms with E-state index in [0.717, 1.165) is 12.1 Å². The second kappa shape index (κ2) is 15.7. The van der Waals surface area contributed by atoms with Gasteiger partial charge in [-0.25, -0.2) is 13.6 Å². The van der Waals surface area contributed by atoms with Crippen LogP contribution in [0.3, 0.4) is 0 Å². The van der Waals surface area contributed by atoms with Gasteiger partial charge in [-0.3, -0.25) is 14.4 Å². The lowest BCUT2D eigenvalue weighted by atomic mass is 10.1. The molecule has 1 saturated carbocycles. The number of ether oxygens (including phenoxy) is 1. The predicted molar refractivity (Wildman–Crippen MR) is 188 cm³/mol. The van der Waals surface area contributed by atoms with Crippen molar-refractivity contribution in [2.45, 2.75) is 55.9 Å². The molecule has 1 aliphatic carbocycles. The fraction of sp³-hybridized carbons (Fsp3) is 0.333. The largest absolute Gasteiger partial charge is 0.444 e. The van der Waals surface area contributed by atoms with Crippen molar-refractivity contribution in [3.05, 3.63) is 86.4 Å². The van der Waals surface area contributed by atoms with Gasteiger partial charge in [-0.05, 0) is 74.7 Å². The zero-order chi connectivity index (χ0) is 36.3. The first kappa shape index (κ1) is 38.5.